The van der Waals surface area contributed by atoms with Gasteiger partial charge < -0.3 is 9.90 Å². The minimum Gasteiger partial charge on any atom is -0.395 e. The Hall–Kier alpha value is -0.370. The van der Waals surface area contributed by atoms with Gasteiger partial charge in [0, 0.05) is 5.41 Å². The van der Waals surface area contributed by atoms with Gasteiger partial charge in [-0.1, -0.05) is 26.2 Å². The van der Waals surface area contributed by atoms with Crippen LogP contribution >= 0.6 is 0 Å². The molecule has 0 aromatic carbocycles. The van der Waals surface area contributed by atoms with Crippen LogP contribution in [0.25, 0.3) is 0 Å². The SMILES string of the molecule is CCC1CCCC(C=O)(CO)C1. The predicted molar refractivity (Wildman–Crippen MR) is 47.8 cm³/mol. The molecule has 1 aliphatic carbocycles. The highest BCUT2D eigenvalue weighted by molar-refractivity contribution is 5.59. The molecule has 2 unspecified atom stereocenters. The lowest BCUT2D eigenvalue weighted by molar-refractivity contribution is -0.121. The molecular weight excluding hydrogens is 152 g/mol. The molecule has 0 bridgehead atoms. The van der Waals surface area contributed by atoms with E-state index in [2.05, 4.69) is 6.92 Å². The lowest BCUT2D eigenvalue weighted by atomic mass is 9.70. The van der Waals surface area contributed by atoms with Crippen molar-refractivity contribution in [2.45, 2.75) is 39.0 Å². The van der Waals surface area contributed by atoms with Crippen LogP contribution in [0.5, 0.6) is 0 Å². The van der Waals surface area contributed by atoms with Gasteiger partial charge in [-0.05, 0) is 18.8 Å². The molecule has 1 saturated carbocycles. The maximum absolute atomic E-state index is 10.8. The van der Waals surface area contributed by atoms with Crippen LogP contribution < -0.4 is 0 Å². The number of hydrogen-bond acceptors (Lipinski definition) is 2. The van der Waals surface area contributed by atoms with Crippen molar-refractivity contribution in [1.29, 1.82) is 0 Å². The first kappa shape index (κ1) is 9.72. The standard InChI is InChI=1S/C10H18O2/c1-2-9-4-3-5-10(6-9,7-11)8-12/h7,9,12H,2-6,8H2,1H3. The number of rotatable bonds is 3. The predicted octanol–water partition coefficient (Wildman–Crippen LogP) is 1.76. The monoisotopic (exact) mass is 170 g/mol. The molecule has 1 rings (SSSR count). The van der Waals surface area contributed by atoms with Crippen molar-refractivity contribution in [3.8, 4) is 0 Å². The van der Waals surface area contributed by atoms with Crippen molar-refractivity contribution in [3.63, 3.8) is 0 Å². The van der Waals surface area contributed by atoms with Crippen molar-refractivity contribution >= 4 is 6.29 Å². The van der Waals surface area contributed by atoms with Gasteiger partial charge in [0.2, 0.25) is 0 Å². The van der Waals surface area contributed by atoms with Crippen LogP contribution in [0, 0.1) is 11.3 Å². The van der Waals surface area contributed by atoms with Crippen LogP contribution in [-0.4, -0.2) is 18.0 Å². The van der Waals surface area contributed by atoms with E-state index in [1.165, 1.54) is 6.42 Å². The van der Waals surface area contributed by atoms with Crippen LogP contribution in [0.3, 0.4) is 0 Å². The van der Waals surface area contributed by atoms with Gasteiger partial charge in [-0.15, -0.1) is 0 Å². The molecule has 1 aliphatic rings. The smallest absolute Gasteiger partial charge is 0.128 e. The highest BCUT2D eigenvalue weighted by atomic mass is 16.3. The number of hydrogen-bond donors (Lipinski definition) is 1. The molecule has 0 saturated heterocycles. The van der Waals surface area contributed by atoms with Gasteiger partial charge >= 0.3 is 0 Å². The Kier molecular flexibility index (Phi) is 3.27. The van der Waals surface area contributed by atoms with Crippen LogP contribution in [0.2, 0.25) is 0 Å². The zero-order chi connectivity index (χ0) is 9.03. The fraction of sp³-hybridized carbons (Fsp3) is 0.900. The summed E-state index contributed by atoms with van der Waals surface area (Å²) in [6, 6.07) is 0. The van der Waals surface area contributed by atoms with Crippen LogP contribution in [0.15, 0.2) is 0 Å². The molecule has 1 N–H and O–H groups in total. The van der Waals surface area contributed by atoms with Crippen molar-refractivity contribution in [3.05, 3.63) is 0 Å². The Morgan fingerprint density at radius 1 is 1.67 bits per heavy atom. The fourth-order valence-corrected chi connectivity index (χ4v) is 2.16. The lowest BCUT2D eigenvalue weighted by Gasteiger charge is -2.34. The molecule has 70 valence electrons. The molecule has 0 heterocycles. The third-order valence-corrected chi connectivity index (χ3v) is 3.12. The molecule has 12 heavy (non-hydrogen) atoms. The average molecular weight is 170 g/mol. The van der Waals surface area contributed by atoms with E-state index in [9.17, 15) is 4.79 Å². The van der Waals surface area contributed by atoms with Gasteiger partial charge in [-0.25, -0.2) is 0 Å². The van der Waals surface area contributed by atoms with E-state index < -0.39 is 0 Å². The summed E-state index contributed by atoms with van der Waals surface area (Å²) in [5.74, 6) is 0.649. The zero-order valence-electron chi connectivity index (χ0n) is 7.75. The summed E-state index contributed by atoms with van der Waals surface area (Å²) >= 11 is 0. The molecule has 0 aromatic heterocycles. The van der Waals surface area contributed by atoms with Gasteiger partial charge in [0.1, 0.15) is 6.29 Å². The van der Waals surface area contributed by atoms with Crippen molar-refractivity contribution in [2.24, 2.45) is 11.3 Å². The van der Waals surface area contributed by atoms with Gasteiger partial charge in [-0.2, -0.15) is 0 Å². The largest absolute Gasteiger partial charge is 0.395 e. The minimum absolute atomic E-state index is 0.0347. The second-order valence-electron chi connectivity index (χ2n) is 4.01. The van der Waals surface area contributed by atoms with Gasteiger partial charge in [0.25, 0.3) is 0 Å². The number of aliphatic hydroxyl groups excluding tert-OH is 1. The molecular formula is C10H18O2. The summed E-state index contributed by atoms with van der Waals surface area (Å²) in [4.78, 5) is 10.8. The summed E-state index contributed by atoms with van der Waals surface area (Å²) in [7, 11) is 0. The molecule has 2 nitrogen and oxygen atoms in total. The maximum Gasteiger partial charge on any atom is 0.128 e. The molecule has 0 spiro atoms. The summed E-state index contributed by atoms with van der Waals surface area (Å²) in [5.41, 5.74) is -0.390. The second-order valence-corrected chi connectivity index (χ2v) is 4.01. The highest BCUT2D eigenvalue weighted by Gasteiger charge is 2.34. The van der Waals surface area contributed by atoms with E-state index >= 15 is 0 Å². The normalized spacial score (nSPS) is 36.3. The maximum atomic E-state index is 10.8. The van der Waals surface area contributed by atoms with Crippen molar-refractivity contribution in [1.82, 2.24) is 0 Å². The Bertz CT molecular complexity index is 156. The Morgan fingerprint density at radius 3 is 2.92 bits per heavy atom. The quantitative estimate of drug-likeness (QED) is 0.655. The van der Waals surface area contributed by atoms with E-state index in [1.54, 1.807) is 0 Å². The lowest BCUT2D eigenvalue weighted by Crippen LogP contribution is -2.33. The van der Waals surface area contributed by atoms with E-state index in [1.807, 2.05) is 0 Å². The molecule has 0 radical (unpaired) electrons. The molecule has 1 fully saturated rings. The van der Waals surface area contributed by atoms with Gasteiger partial charge in [0.15, 0.2) is 0 Å². The second kappa shape index (κ2) is 4.04. The average Bonchev–Trinajstić information content (AvgIpc) is 2.18. The Labute approximate surface area is 74.0 Å². The summed E-state index contributed by atoms with van der Waals surface area (Å²) in [5, 5.41) is 9.12. The topological polar surface area (TPSA) is 37.3 Å². The van der Waals surface area contributed by atoms with E-state index in [-0.39, 0.29) is 12.0 Å². The molecule has 2 atom stereocenters. The van der Waals surface area contributed by atoms with E-state index in [4.69, 9.17) is 5.11 Å². The zero-order valence-corrected chi connectivity index (χ0v) is 7.75. The third kappa shape index (κ3) is 1.86. The van der Waals surface area contributed by atoms with Crippen molar-refractivity contribution in [2.75, 3.05) is 6.61 Å². The van der Waals surface area contributed by atoms with Gasteiger partial charge in [-0.3, -0.25) is 0 Å². The first-order chi connectivity index (χ1) is 5.76. The Balaban J connectivity index is 2.58. The first-order valence-electron chi connectivity index (χ1n) is 4.83. The van der Waals surface area contributed by atoms with Crippen molar-refractivity contribution < 1.29 is 9.90 Å². The summed E-state index contributed by atoms with van der Waals surface area (Å²) in [6.07, 6.45) is 6.20. The van der Waals surface area contributed by atoms with Crippen LogP contribution in [0.4, 0.5) is 0 Å². The third-order valence-electron chi connectivity index (χ3n) is 3.12. The summed E-state index contributed by atoms with van der Waals surface area (Å²) < 4.78 is 0. The number of aliphatic hydroxyl groups is 1. The molecule has 0 amide bonds. The minimum atomic E-state index is -0.390. The summed E-state index contributed by atoms with van der Waals surface area (Å²) in [6.45, 7) is 2.19. The van der Waals surface area contributed by atoms with Gasteiger partial charge in [0.05, 0.1) is 6.61 Å². The fourth-order valence-electron chi connectivity index (χ4n) is 2.16. The molecule has 0 aliphatic heterocycles. The molecule has 0 aromatic rings. The highest BCUT2D eigenvalue weighted by Crippen LogP contribution is 2.38. The first-order valence-corrected chi connectivity index (χ1v) is 4.83. The van der Waals surface area contributed by atoms with E-state index in [0.717, 1.165) is 32.0 Å². The number of carbonyl (C=O) groups is 1. The van der Waals surface area contributed by atoms with E-state index in [0.29, 0.717) is 5.92 Å². The number of carbonyl (C=O) groups excluding carboxylic acids is 1. The Morgan fingerprint density at radius 2 is 2.42 bits per heavy atom. The molecule has 2 heteroatoms. The number of aldehydes is 1. The van der Waals surface area contributed by atoms with Crippen LogP contribution in [0.1, 0.15) is 39.0 Å². The van der Waals surface area contributed by atoms with Crippen LogP contribution in [-0.2, 0) is 4.79 Å².